The van der Waals surface area contributed by atoms with E-state index >= 15 is 0 Å². The van der Waals surface area contributed by atoms with Gasteiger partial charge in [-0.2, -0.15) is 0 Å². The van der Waals surface area contributed by atoms with Gasteiger partial charge in [-0.1, -0.05) is 18.2 Å². The molecule has 6 heteroatoms. The summed E-state index contributed by atoms with van der Waals surface area (Å²) in [4.78, 5) is 12.5. The second-order valence-corrected chi connectivity index (χ2v) is 6.30. The zero-order valence-electron chi connectivity index (χ0n) is 16.3. The van der Waals surface area contributed by atoms with Gasteiger partial charge in [-0.25, -0.2) is 4.39 Å². The third kappa shape index (κ3) is 5.48. The van der Waals surface area contributed by atoms with Crippen LogP contribution in [-0.2, 0) is 13.2 Å². The zero-order chi connectivity index (χ0) is 20.6. The molecule has 0 spiro atoms. The van der Waals surface area contributed by atoms with Crippen LogP contribution in [0.3, 0.4) is 0 Å². The molecular formula is C23H22FNO4. The van der Waals surface area contributed by atoms with Gasteiger partial charge in [0.2, 0.25) is 0 Å². The van der Waals surface area contributed by atoms with Crippen LogP contribution in [0.2, 0.25) is 0 Å². The molecule has 0 atom stereocenters. The molecule has 0 unspecified atom stereocenters. The first-order valence-corrected chi connectivity index (χ1v) is 9.05. The number of hydrogen-bond acceptors (Lipinski definition) is 4. The van der Waals surface area contributed by atoms with Crippen LogP contribution >= 0.6 is 0 Å². The minimum absolute atomic E-state index is 0.232. The van der Waals surface area contributed by atoms with Crippen molar-refractivity contribution in [3.05, 3.63) is 89.2 Å². The Labute approximate surface area is 169 Å². The molecule has 150 valence electrons. The molecule has 0 aliphatic heterocycles. The van der Waals surface area contributed by atoms with Crippen LogP contribution in [0.25, 0.3) is 0 Å². The second-order valence-electron chi connectivity index (χ2n) is 6.30. The number of methoxy groups -OCH3 is 2. The number of benzene rings is 3. The summed E-state index contributed by atoms with van der Waals surface area (Å²) >= 11 is 0. The Morgan fingerprint density at radius 3 is 2.41 bits per heavy atom. The predicted molar refractivity (Wildman–Crippen MR) is 108 cm³/mol. The maximum Gasteiger partial charge on any atom is 0.251 e. The van der Waals surface area contributed by atoms with Crippen LogP contribution in [0.5, 0.6) is 17.2 Å². The molecule has 0 fully saturated rings. The van der Waals surface area contributed by atoms with Gasteiger partial charge in [0.15, 0.2) is 0 Å². The molecule has 0 aliphatic carbocycles. The van der Waals surface area contributed by atoms with E-state index in [1.165, 1.54) is 12.1 Å². The number of halogens is 1. The van der Waals surface area contributed by atoms with E-state index in [4.69, 9.17) is 14.2 Å². The van der Waals surface area contributed by atoms with Crippen LogP contribution in [0, 0.1) is 5.82 Å². The average molecular weight is 395 g/mol. The highest BCUT2D eigenvalue weighted by molar-refractivity contribution is 5.94. The number of nitrogens with one attached hydrogen (secondary N) is 1. The first kappa shape index (κ1) is 20.2. The minimum atomic E-state index is -0.309. The van der Waals surface area contributed by atoms with Gasteiger partial charge in [0, 0.05) is 23.7 Å². The summed E-state index contributed by atoms with van der Waals surface area (Å²) in [6.45, 7) is 0.538. The molecule has 0 saturated carbocycles. The molecule has 0 radical (unpaired) electrons. The molecule has 0 bridgehead atoms. The van der Waals surface area contributed by atoms with Gasteiger partial charge in [-0.15, -0.1) is 0 Å². The Morgan fingerprint density at radius 2 is 1.69 bits per heavy atom. The largest absolute Gasteiger partial charge is 0.497 e. The fraction of sp³-hybridized carbons (Fsp3) is 0.174. The van der Waals surface area contributed by atoms with E-state index < -0.39 is 0 Å². The number of amides is 1. The van der Waals surface area contributed by atoms with E-state index in [1.807, 2.05) is 18.2 Å². The van der Waals surface area contributed by atoms with E-state index in [-0.39, 0.29) is 18.3 Å². The Bertz CT molecular complexity index is 973. The summed E-state index contributed by atoms with van der Waals surface area (Å²) < 4.78 is 29.4. The lowest BCUT2D eigenvalue weighted by molar-refractivity contribution is 0.0950. The van der Waals surface area contributed by atoms with Crippen molar-refractivity contribution < 1.29 is 23.4 Å². The van der Waals surface area contributed by atoms with Crippen molar-refractivity contribution in [3.63, 3.8) is 0 Å². The summed E-state index contributed by atoms with van der Waals surface area (Å²) in [5, 5.41) is 2.83. The third-order valence-corrected chi connectivity index (χ3v) is 4.34. The standard InChI is InChI=1S/C23H22FNO4/c1-27-20-4-3-5-21(13-20)29-15-18-12-17(8-11-22(18)28-2)23(26)25-14-16-6-9-19(24)10-7-16/h3-13H,14-15H2,1-2H3,(H,25,26). The van der Waals surface area contributed by atoms with Crippen molar-refractivity contribution >= 4 is 5.91 Å². The highest BCUT2D eigenvalue weighted by Crippen LogP contribution is 2.24. The fourth-order valence-corrected chi connectivity index (χ4v) is 2.77. The Kier molecular flexibility index (Phi) is 6.68. The van der Waals surface area contributed by atoms with Crippen molar-refractivity contribution in [3.8, 4) is 17.2 Å². The summed E-state index contributed by atoms with van der Waals surface area (Å²) in [5.74, 6) is 1.43. The maximum absolute atomic E-state index is 13.0. The summed E-state index contributed by atoms with van der Waals surface area (Å²) in [7, 11) is 3.16. The summed E-state index contributed by atoms with van der Waals surface area (Å²) in [6, 6.07) is 18.4. The van der Waals surface area contributed by atoms with Crippen molar-refractivity contribution in [1.82, 2.24) is 5.32 Å². The van der Waals surface area contributed by atoms with Crippen LogP contribution in [0.4, 0.5) is 4.39 Å². The Morgan fingerprint density at radius 1 is 0.931 bits per heavy atom. The Hall–Kier alpha value is -3.54. The molecule has 3 rings (SSSR count). The normalized spacial score (nSPS) is 10.3. The van der Waals surface area contributed by atoms with Gasteiger partial charge < -0.3 is 19.5 Å². The lowest BCUT2D eigenvalue weighted by Gasteiger charge is -2.13. The van der Waals surface area contributed by atoms with Gasteiger partial charge in [0.1, 0.15) is 29.7 Å². The molecule has 3 aromatic carbocycles. The second kappa shape index (κ2) is 9.59. The topological polar surface area (TPSA) is 56.8 Å². The summed E-state index contributed by atoms with van der Waals surface area (Å²) in [5.41, 5.74) is 2.04. The van der Waals surface area contributed by atoms with E-state index in [9.17, 15) is 9.18 Å². The molecule has 1 N–H and O–H groups in total. The lowest BCUT2D eigenvalue weighted by atomic mass is 10.1. The fourth-order valence-electron chi connectivity index (χ4n) is 2.77. The average Bonchev–Trinajstić information content (AvgIpc) is 2.77. The molecular weight excluding hydrogens is 373 g/mol. The number of carbonyl (C=O) groups excluding carboxylic acids is 1. The molecule has 3 aromatic rings. The SMILES string of the molecule is COc1cccc(OCc2cc(C(=O)NCc3ccc(F)cc3)ccc2OC)c1. The Balaban J connectivity index is 1.68. The van der Waals surface area contributed by atoms with Gasteiger partial charge in [0.25, 0.3) is 5.91 Å². The van der Waals surface area contributed by atoms with Gasteiger partial charge in [-0.3, -0.25) is 4.79 Å². The van der Waals surface area contributed by atoms with Crippen LogP contribution < -0.4 is 19.5 Å². The van der Waals surface area contributed by atoms with Crippen LogP contribution in [0.15, 0.2) is 66.7 Å². The predicted octanol–water partition coefficient (Wildman–Crippen LogP) is 4.35. The first-order chi connectivity index (χ1) is 14.1. The third-order valence-electron chi connectivity index (χ3n) is 4.34. The minimum Gasteiger partial charge on any atom is -0.497 e. The number of hydrogen-bond donors (Lipinski definition) is 1. The summed E-state index contributed by atoms with van der Waals surface area (Å²) in [6.07, 6.45) is 0. The van der Waals surface area contributed by atoms with E-state index in [0.717, 1.165) is 11.1 Å². The van der Waals surface area contributed by atoms with E-state index in [0.29, 0.717) is 29.4 Å². The lowest BCUT2D eigenvalue weighted by Crippen LogP contribution is -2.23. The van der Waals surface area contributed by atoms with Crippen molar-refractivity contribution in [2.45, 2.75) is 13.2 Å². The van der Waals surface area contributed by atoms with Crippen molar-refractivity contribution in [2.24, 2.45) is 0 Å². The van der Waals surface area contributed by atoms with Crippen molar-refractivity contribution in [1.29, 1.82) is 0 Å². The molecule has 1 amide bonds. The number of ether oxygens (including phenoxy) is 3. The number of rotatable bonds is 8. The quantitative estimate of drug-likeness (QED) is 0.616. The molecule has 0 aliphatic rings. The van der Waals surface area contributed by atoms with Gasteiger partial charge in [0.05, 0.1) is 14.2 Å². The van der Waals surface area contributed by atoms with Gasteiger partial charge >= 0.3 is 0 Å². The van der Waals surface area contributed by atoms with E-state index in [1.54, 1.807) is 50.6 Å². The van der Waals surface area contributed by atoms with Crippen LogP contribution in [-0.4, -0.2) is 20.1 Å². The van der Waals surface area contributed by atoms with Crippen molar-refractivity contribution in [2.75, 3.05) is 14.2 Å². The molecule has 29 heavy (non-hydrogen) atoms. The van der Waals surface area contributed by atoms with Gasteiger partial charge in [-0.05, 0) is 48.0 Å². The molecule has 0 heterocycles. The maximum atomic E-state index is 13.0. The zero-order valence-corrected chi connectivity index (χ0v) is 16.3. The van der Waals surface area contributed by atoms with Crippen LogP contribution in [0.1, 0.15) is 21.5 Å². The monoisotopic (exact) mass is 395 g/mol. The van der Waals surface area contributed by atoms with E-state index in [2.05, 4.69) is 5.32 Å². The first-order valence-electron chi connectivity index (χ1n) is 9.05. The molecule has 0 saturated heterocycles. The number of carbonyl (C=O) groups is 1. The highest BCUT2D eigenvalue weighted by Gasteiger charge is 2.11. The molecule has 5 nitrogen and oxygen atoms in total. The highest BCUT2D eigenvalue weighted by atomic mass is 19.1. The smallest absolute Gasteiger partial charge is 0.251 e. The molecule has 0 aromatic heterocycles.